The molecule has 0 aromatic heterocycles. The minimum absolute atomic E-state index is 0.0819. The predicted molar refractivity (Wildman–Crippen MR) is 175 cm³/mol. The van der Waals surface area contributed by atoms with Crippen molar-refractivity contribution >= 4 is 33.5 Å². The van der Waals surface area contributed by atoms with Gasteiger partial charge in [0, 0.05) is 29.4 Å². The van der Waals surface area contributed by atoms with Crippen molar-refractivity contribution in [3.05, 3.63) is 46.0 Å². The van der Waals surface area contributed by atoms with Gasteiger partial charge in [-0.15, -0.1) is 0 Å². The first-order valence-electron chi connectivity index (χ1n) is 17.1. The molecule has 8 rings (SSSR count). The van der Waals surface area contributed by atoms with Crippen LogP contribution in [0.15, 0.2) is 46.0 Å². The number of fused-ring (bicyclic) bond motifs is 3. The molecule has 7 bridgehead atoms. The van der Waals surface area contributed by atoms with Gasteiger partial charge in [-0.3, -0.25) is 5.32 Å². The van der Waals surface area contributed by atoms with Gasteiger partial charge in [-0.1, -0.05) is 47.4 Å². The van der Waals surface area contributed by atoms with Gasteiger partial charge in [0.2, 0.25) is 0 Å². The number of carbonyl (C=O) groups is 2. The molecule has 240 valence electrons. The Morgan fingerprint density at radius 2 is 2.02 bits per heavy atom. The SMILES string of the molecule is CCCC=C1OC(=O)C2=C1CCC1C3CCC4(C5=CCC(C)CSSCNC6CC(CCN6)C(CCCO)C3=C4C(=O)O5)C21. The highest BCUT2D eigenvalue weighted by Crippen LogP contribution is 2.71. The standard InChI is InChI=1S/C35H48N2O5S2/c1-3-4-7-26-25-10-9-24-23-12-14-35(31(24)30(25)33(39)41-26)27-11-8-20(2)18-43-44-19-37-28-17-21(13-15-36-28)22(6-5-16-38)29(23)32(35)34(40)42-27/h7,11,20-24,28,31,36-38H,3-6,8-10,12-19H2,1-2H3. The summed E-state index contributed by atoms with van der Waals surface area (Å²) >= 11 is 0. The summed E-state index contributed by atoms with van der Waals surface area (Å²) < 4.78 is 12.4. The summed E-state index contributed by atoms with van der Waals surface area (Å²) in [6, 6.07) is 0. The maximum Gasteiger partial charge on any atom is 0.340 e. The third kappa shape index (κ3) is 5.17. The van der Waals surface area contributed by atoms with E-state index in [-0.39, 0.29) is 48.4 Å². The van der Waals surface area contributed by atoms with Gasteiger partial charge in [-0.25, -0.2) is 9.59 Å². The van der Waals surface area contributed by atoms with Crippen LogP contribution in [0.1, 0.15) is 84.5 Å². The topological polar surface area (TPSA) is 96.9 Å². The highest BCUT2D eigenvalue weighted by atomic mass is 33.1. The summed E-state index contributed by atoms with van der Waals surface area (Å²) in [5.74, 6) is 4.63. The van der Waals surface area contributed by atoms with Crippen molar-refractivity contribution in [2.75, 3.05) is 24.8 Å². The average molecular weight is 641 g/mol. The van der Waals surface area contributed by atoms with Gasteiger partial charge in [0.1, 0.15) is 11.5 Å². The Hall–Kier alpha value is -1.52. The molecule has 8 unspecified atom stereocenters. The molecule has 0 aromatic rings. The van der Waals surface area contributed by atoms with Crippen molar-refractivity contribution < 1.29 is 24.2 Å². The molecule has 1 saturated carbocycles. The molecule has 4 aliphatic carbocycles. The van der Waals surface area contributed by atoms with Gasteiger partial charge >= 0.3 is 11.9 Å². The van der Waals surface area contributed by atoms with Crippen LogP contribution in [0.4, 0.5) is 0 Å². The number of rotatable bonds is 5. The molecule has 3 N–H and O–H groups in total. The number of ether oxygens (including phenoxy) is 2. The van der Waals surface area contributed by atoms with E-state index >= 15 is 0 Å². The molecule has 8 atom stereocenters. The van der Waals surface area contributed by atoms with Crippen LogP contribution in [0.5, 0.6) is 0 Å². The lowest BCUT2D eigenvalue weighted by Crippen LogP contribution is -2.54. The Labute approximate surface area is 269 Å². The van der Waals surface area contributed by atoms with Crippen LogP contribution in [0, 0.1) is 40.9 Å². The Morgan fingerprint density at radius 1 is 1.14 bits per heavy atom. The van der Waals surface area contributed by atoms with Gasteiger partial charge in [0.05, 0.1) is 23.0 Å². The number of cyclic esters (lactones) is 1. The molecule has 8 aliphatic rings. The molecule has 4 aliphatic heterocycles. The van der Waals surface area contributed by atoms with Crippen LogP contribution in [-0.2, 0) is 19.1 Å². The van der Waals surface area contributed by atoms with Crippen molar-refractivity contribution in [3.63, 3.8) is 0 Å². The zero-order valence-electron chi connectivity index (χ0n) is 26.2. The Kier molecular flexibility index (Phi) is 9.14. The minimum Gasteiger partial charge on any atom is -0.427 e. The summed E-state index contributed by atoms with van der Waals surface area (Å²) in [6.07, 6.45) is 14.7. The predicted octanol–water partition coefficient (Wildman–Crippen LogP) is 6.38. The van der Waals surface area contributed by atoms with Gasteiger partial charge in [0.15, 0.2) is 0 Å². The van der Waals surface area contributed by atoms with Crippen molar-refractivity contribution in [2.45, 2.75) is 90.6 Å². The normalized spacial score (nSPS) is 39.7. The second kappa shape index (κ2) is 12.9. The molecule has 1 spiro atoms. The number of aliphatic hydroxyl groups is 1. The van der Waals surface area contributed by atoms with Crippen molar-refractivity contribution in [3.8, 4) is 0 Å². The fourth-order valence-corrected chi connectivity index (χ4v) is 12.1. The Balaban J connectivity index is 1.41. The lowest BCUT2D eigenvalue weighted by molar-refractivity contribution is -0.135. The maximum absolute atomic E-state index is 14.3. The average Bonchev–Trinajstić information content (AvgIpc) is 3.52. The molecular formula is C35H48N2O5S2. The molecule has 2 saturated heterocycles. The third-order valence-corrected chi connectivity index (χ3v) is 14.0. The van der Waals surface area contributed by atoms with E-state index in [4.69, 9.17) is 9.47 Å². The lowest BCUT2D eigenvalue weighted by atomic mass is 9.43. The quantitative estimate of drug-likeness (QED) is 0.234. The second-order valence-corrected chi connectivity index (χ2v) is 16.6. The molecule has 4 heterocycles. The van der Waals surface area contributed by atoms with Crippen LogP contribution in [0.25, 0.3) is 0 Å². The molecular weight excluding hydrogens is 593 g/mol. The first kappa shape index (κ1) is 31.1. The number of piperidine rings is 1. The fraction of sp³-hybridized carbons (Fsp3) is 0.714. The van der Waals surface area contributed by atoms with Gasteiger partial charge in [0.25, 0.3) is 0 Å². The number of allylic oxidation sites excluding steroid dienone is 5. The molecule has 44 heavy (non-hydrogen) atoms. The van der Waals surface area contributed by atoms with E-state index in [0.29, 0.717) is 11.8 Å². The molecule has 0 radical (unpaired) electrons. The molecule has 0 aromatic carbocycles. The first-order valence-corrected chi connectivity index (χ1v) is 19.6. The van der Waals surface area contributed by atoms with Gasteiger partial charge < -0.3 is 19.9 Å². The number of nitrogens with one attached hydrogen (secondary N) is 2. The summed E-state index contributed by atoms with van der Waals surface area (Å²) in [7, 11) is 3.79. The first-order chi connectivity index (χ1) is 21.5. The maximum atomic E-state index is 14.3. The number of hydrogen-bond acceptors (Lipinski definition) is 9. The molecule has 9 heteroatoms. The van der Waals surface area contributed by atoms with E-state index < -0.39 is 5.41 Å². The highest BCUT2D eigenvalue weighted by molar-refractivity contribution is 8.76. The van der Waals surface area contributed by atoms with E-state index in [1.54, 1.807) is 0 Å². The fourth-order valence-electron chi connectivity index (χ4n) is 9.85. The molecule has 0 amide bonds. The van der Waals surface area contributed by atoms with Crippen LogP contribution in [0.2, 0.25) is 0 Å². The highest BCUT2D eigenvalue weighted by Gasteiger charge is 2.69. The van der Waals surface area contributed by atoms with Crippen LogP contribution in [0.3, 0.4) is 0 Å². The number of unbranched alkanes of at least 4 members (excludes halogenated alkanes) is 1. The minimum atomic E-state index is -0.604. The number of esters is 2. The summed E-state index contributed by atoms with van der Waals surface area (Å²) in [4.78, 5) is 28.1. The lowest BCUT2D eigenvalue weighted by Gasteiger charge is -2.58. The summed E-state index contributed by atoms with van der Waals surface area (Å²) in [5.41, 5.74) is 3.52. The van der Waals surface area contributed by atoms with E-state index in [9.17, 15) is 14.7 Å². The van der Waals surface area contributed by atoms with Crippen molar-refractivity contribution in [2.24, 2.45) is 40.9 Å². The Morgan fingerprint density at radius 3 is 2.86 bits per heavy atom. The molecule has 3 fully saturated rings. The van der Waals surface area contributed by atoms with Crippen molar-refractivity contribution in [1.29, 1.82) is 0 Å². The summed E-state index contributed by atoms with van der Waals surface area (Å²) in [6.45, 7) is 5.52. The monoisotopic (exact) mass is 640 g/mol. The zero-order chi connectivity index (χ0) is 30.4. The Bertz CT molecular complexity index is 1310. The van der Waals surface area contributed by atoms with Crippen molar-refractivity contribution in [1.82, 2.24) is 10.6 Å². The smallest absolute Gasteiger partial charge is 0.340 e. The largest absolute Gasteiger partial charge is 0.427 e. The van der Waals surface area contributed by atoms with Crippen LogP contribution < -0.4 is 10.6 Å². The van der Waals surface area contributed by atoms with Gasteiger partial charge in [-0.2, -0.15) is 0 Å². The second-order valence-electron chi connectivity index (χ2n) is 14.1. The number of hydrogen-bond donors (Lipinski definition) is 3. The van der Waals surface area contributed by atoms with Crippen LogP contribution >= 0.6 is 21.6 Å². The number of aliphatic hydroxyl groups excluding tert-OH is 1. The van der Waals surface area contributed by atoms with Gasteiger partial charge in [-0.05, 0) is 112 Å². The third-order valence-electron chi connectivity index (χ3n) is 11.6. The van der Waals surface area contributed by atoms with E-state index in [1.807, 2.05) is 21.6 Å². The zero-order valence-corrected chi connectivity index (χ0v) is 27.8. The summed E-state index contributed by atoms with van der Waals surface area (Å²) in [5, 5.41) is 17.5. The van der Waals surface area contributed by atoms with E-state index in [1.165, 1.54) is 5.57 Å². The van der Waals surface area contributed by atoms with E-state index in [0.717, 1.165) is 117 Å². The van der Waals surface area contributed by atoms with E-state index in [2.05, 4.69) is 36.6 Å². The number of carbonyl (C=O) groups excluding carboxylic acids is 2. The molecule has 7 nitrogen and oxygen atoms in total. The van der Waals surface area contributed by atoms with Crippen LogP contribution in [-0.4, -0.2) is 48.0 Å².